The normalized spacial score (nSPS) is 12.9. The summed E-state index contributed by atoms with van der Waals surface area (Å²) in [6.07, 6.45) is 1.06. The summed E-state index contributed by atoms with van der Waals surface area (Å²) >= 11 is 0. The van der Waals surface area contributed by atoms with E-state index in [0.717, 1.165) is 12.0 Å². The highest BCUT2D eigenvalue weighted by Crippen LogP contribution is 2.22. The van der Waals surface area contributed by atoms with Crippen LogP contribution in [0.15, 0.2) is 53.4 Å². The lowest BCUT2D eigenvalue weighted by Gasteiger charge is -2.11. The lowest BCUT2D eigenvalue weighted by Crippen LogP contribution is -2.12. The zero-order valence-corrected chi connectivity index (χ0v) is 13.4. The van der Waals surface area contributed by atoms with E-state index in [9.17, 15) is 8.42 Å². The molecule has 0 heterocycles. The standard InChI is InChI=1S/C17H21NO2S/c1-4-14(3)15-7-9-16(10-8-15)18-21(19,20)17-11-5-13(2)6-12-17/h5-12,14,18H,4H2,1-3H3/t14-/m1/s1. The van der Waals surface area contributed by atoms with Crippen molar-refractivity contribution in [3.63, 3.8) is 0 Å². The summed E-state index contributed by atoms with van der Waals surface area (Å²) in [5, 5.41) is 0. The van der Waals surface area contributed by atoms with E-state index in [2.05, 4.69) is 18.6 Å². The third-order valence-corrected chi connectivity index (χ3v) is 5.07. The Morgan fingerprint density at radius 1 is 1.00 bits per heavy atom. The summed E-state index contributed by atoms with van der Waals surface area (Å²) < 4.78 is 27.2. The van der Waals surface area contributed by atoms with Gasteiger partial charge in [-0.15, -0.1) is 0 Å². The fourth-order valence-electron chi connectivity index (χ4n) is 2.05. The van der Waals surface area contributed by atoms with Gasteiger partial charge < -0.3 is 0 Å². The van der Waals surface area contributed by atoms with Crippen LogP contribution in [-0.4, -0.2) is 8.42 Å². The highest BCUT2D eigenvalue weighted by Gasteiger charge is 2.13. The molecule has 4 heteroatoms. The Morgan fingerprint density at radius 2 is 1.57 bits per heavy atom. The topological polar surface area (TPSA) is 46.2 Å². The molecule has 0 fully saturated rings. The second-order valence-electron chi connectivity index (χ2n) is 5.35. The molecule has 0 amide bonds. The van der Waals surface area contributed by atoms with Gasteiger partial charge in [0.1, 0.15) is 0 Å². The number of rotatable bonds is 5. The molecule has 0 aromatic heterocycles. The average Bonchev–Trinajstić information content (AvgIpc) is 2.47. The molecule has 2 aromatic rings. The van der Waals surface area contributed by atoms with E-state index in [1.807, 2.05) is 31.2 Å². The molecule has 112 valence electrons. The van der Waals surface area contributed by atoms with Crippen LogP contribution in [0.2, 0.25) is 0 Å². The Balaban J connectivity index is 2.19. The molecule has 1 N–H and O–H groups in total. The molecule has 0 saturated heterocycles. The molecule has 0 unspecified atom stereocenters. The number of aryl methyl sites for hydroxylation is 1. The zero-order valence-electron chi connectivity index (χ0n) is 12.6. The quantitative estimate of drug-likeness (QED) is 0.894. The van der Waals surface area contributed by atoms with E-state index in [1.54, 1.807) is 24.3 Å². The second-order valence-corrected chi connectivity index (χ2v) is 7.03. The third-order valence-electron chi connectivity index (χ3n) is 3.68. The fourth-order valence-corrected chi connectivity index (χ4v) is 3.11. The van der Waals surface area contributed by atoms with Crippen molar-refractivity contribution >= 4 is 15.7 Å². The van der Waals surface area contributed by atoms with Crippen molar-refractivity contribution in [2.24, 2.45) is 0 Å². The first-order valence-corrected chi connectivity index (χ1v) is 8.60. The first-order valence-electron chi connectivity index (χ1n) is 7.12. The van der Waals surface area contributed by atoms with Crippen molar-refractivity contribution in [3.05, 3.63) is 59.7 Å². The molecule has 2 aromatic carbocycles. The lowest BCUT2D eigenvalue weighted by atomic mass is 9.99. The molecule has 0 spiro atoms. The summed E-state index contributed by atoms with van der Waals surface area (Å²) in [4.78, 5) is 0.277. The Hall–Kier alpha value is -1.81. The number of anilines is 1. The van der Waals surface area contributed by atoms with Crippen molar-refractivity contribution in [1.29, 1.82) is 0 Å². The second kappa shape index (κ2) is 6.31. The van der Waals surface area contributed by atoms with Crippen LogP contribution in [0.3, 0.4) is 0 Å². The molecule has 0 radical (unpaired) electrons. The van der Waals surface area contributed by atoms with Crippen LogP contribution >= 0.6 is 0 Å². The molecule has 1 atom stereocenters. The summed E-state index contributed by atoms with van der Waals surface area (Å²) in [6.45, 7) is 6.22. The molecular formula is C17H21NO2S. The minimum absolute atomic E-state index is 0.277. The first-order chi connectivity index (χ1) is 9.92. The van der Waals surface area contributed by atoms with Crippen molar-refractivity contribution in [2.75, 3.05) is 4.72 Å². The van der Waals surface area contributed by atoms with Crippen LogP contribution < -0.4 is 4.72 Å². The Morgan fingerprint density at radius 3 is 2.10 bits per heavy atom. The van der Waals surface area contributed by atoms with Crippen molar-refractivity contribution < 1.29 is 8.42 Å². The Bertz CT molecular complexity index is 689. The van der Waals surface area contributed by atoms with Gasteiger partial charge in [-0.05, 0) is 49.1 Å². The number of hydrogen-bond donors (Lipinski definition) is 1. The monoisotopic (exact) mass is 303 g/mol. The maximum absolute atomic E-state index is 12.3. The SMILES string of the molecule is CC[C@@H](C)c1ccc(NS(=O)(=O)c2ccc(C)cc2)cc1. The van der Waals surface area contributed by atoms with E-state index in [0.29, 0.717) is 11.6 Å². The molecule has 0 saturated carbocycles. The van der Waals surface area contributed by atoms with Crippen LogP contribution in [0.1, 0.15) is 37.3 Å². The highest BCUT2D eigenvalue weighted by atomic mass is 32.2. The molecular weight excluding hydrogens is 282 g/mol. The zero-order chi connectivity index (χ0) is 15.5. The van der Waals surface area contributed by atoms with Crippen molar-refractivity contribution in [2.45, 2.75) is 38.0 Å². The van der Waals surface area contributed by atoms with Gasteiger partial charge >= 0.3 is 0 Å². The number of nitrogens with one attached hydrogen (secondary N) is 1. The maximum atomic E-state index is 12.3. The average molecular weight is 303 g/mol. The summed E-state index contributed by atoms with van der Waals surface area (Å²) in [5.41, 5.74) is 2.84. The van der Waals surface area contributed by atoms with Gasteiger partial charge in [0, 0.05) is 5.69 Å². The number of sulfonamides is 1. The molecule has 2 rings (SSSR count). The summed E-state index contributed by atoms with van der Waals surface area (Å²) in [6, 6.07) is 14.4. The van der Waals surface area contributed by atoms with Crippen LogP contribution in [-0.2, 0) is 10.0 Å². The molecule has 3 nitrogen and oxygen atoms in total. The Labute approximate surface area is 127 Å². The number of hydrogen-bond acceptors (Lipinski definition) is 2. The van der Waals surface area contributed by atoms with Crippen LogP contribution in [0, 0.1) is 6.92 Å². The van der Waals surface area contributed by atoms with E-state index in [1.165, 1.54) is 5.56 Å². The minimum atomic E-state index is -3.52. The van der Waals surface area contributed by atoms with Gasteiger partial charge in [0.25, 0.3) is 10.0 Å². The van der Waals surface area contributed by atoms with Gasteiger partial charge in [-0.1, -0.05) is 43.7 Å². The molecule has 0 aliphatic heterocycles. The smallest absolute Gasteiger partial charge is 0.261 e. The van der Waals surface area contributed by atoms with Gasteiger partial charge in [-0.25, -0.2) is 8.42 Å². The molecule has 0 bridgehead atoms. The summed E-state index contributed by atoms with van der Waals surface area (Å²) in [7, 11) is -3.52. The summed E-state index contributed by atoms with van der Waals surface area (Å²) in [5.74, 6) is 0.479. The van der Waals surface area contributed by atoms with Gasteiger partial charge in [-0.2, -0.15) is 0 Å². The van der Waals surface area contributed by atoms with Gasteiger partial charge in [-0.3, -0.25) is 4.72 Å². The molecule has 21 heavy (non-hydrogen) atoms. The van der Waals surface area contributed by atoms with Gasteiger partial charge in [0.2, 0.25) is 0 Å². The van der Waals surface area contributed by atoms with Crippen LogP contribution in [0.5, 0.6) is 0 Å². The third kappa shape index (κ3) is 3.85. The lowest BCUT2D eigenvalue weighted by molar-refractivity contribution is 0.601. The van der Waals surface area contributed by atoms with Gasteiger partial charge in [0.15, 0.2) is 0 Å². The maximum Gasteiger partial charge on any atom is 0.261 e. The fraction of sp³-hybridized carbons (Fsp3) is 0.294. The molecule has 0 aliphatic carbocycles. The first kappa shape index (κ1) is 15.6. The van der Waals surface area contributed by atoms with E-state index in [4.69, 9.17) is 0 Å². The van der Waals surface area contributed by atoms with Crippen molar-refractivity contribution in [1.82, 2.24) is 0 Å². The largest absolute Gasteiger partial charge is 0.280 e. The van der Waals surface area contributed by atoms with Crippen LogP contribution in [0.25, 0.3) is 0 Å². The van der Waals surface area contributed by atoms with Gasteiger partial charge in [0.05, 0.1) is 4.90 Å². The van der Waals surface area contributed by atoms with E-state index in [-0.39, 0.29) is 4.90 Å². The Kier molecular flexibility index (Phi) is 4.68. The highest BCUT2D eigenvalue weighted by molar-refractivity contribution is 7.92. The van der Waals surface area contributed by atoms with E-state index < -0.39 is 10.0 Å². The predicted octanol–water partition coefficient (Wildman–Crippen LogP) is 4.31. The number of benzene rings is 2. The minimum Gasteiger partial charge on any atom is -0.280 e. The van der Waals surface area contributed by atoms with E-state index >= 15 is 0 Å². The molecule has 0 aliphatic rings. The predicted molar refractivity (Wildman–Crippen MR) is 87.1 cm³/mol. The van der Waals surface area contributed by atoms with Crippen molar-refractivity contribution in [3.8, 4) is 0 Å². The van der Waals surface area contributed by atoms with Crippen LogP contribution in [0.4, 0.5) is 5.69 Å².